The summed E-state index contributed by atoms with van der Waals surface area (Å²) in [6.07, 6.45) is 1.95. The number of amides is 1. The van der Waals surface area contributed by atoms with E-state index in [1.54, 1.807) is 7.11 Å². The van der Waals surface area contributed by atoms with E-state index in [1.165, 1.54) is 12.8 Å². The Kier molecular flexibility index (Phi) is 14.6. The van der Waals surface area contributed by atoms with E-state index in [0.29, 0.717) is 19.0 Å². The molecule has 0 saturated carbocycles. The second-order valence-corrected chi connectivity index (χ2v) is 7.85. The van der Waals surface area contributed by atoms with Gasteiger partial charge in [-0.15, -0.1) is 24.0 Å². The molecule has 0 aromatic rings. The zero-order chi connectivity index (χ0) is 20.1. The number of likely N-dealkylation sites (tertiary alicyclic amines) is 1. The van der Waals surface area contributed by atoms with Crippen LogP contribution in [0.1, 0.15) is 40.5 Å². The minimum Gasteiger partial charge on any atom is -0.444 e. The molecule has 0 atom stereocenters. The van der Waals surface area contributed by atoms with Gasteiger partial charge in [0.15, 0.2) is 5.96 Å². The second-order valence-electron chi connectivity index (χ2n) is 7.85. The number of ether oxygens (including phenoxy) is 2. The lowest BCUT2D eigenvalue weighted by atomic mass is 9.97. The van der Waals surface area contributed by atoms with Crippen molar-refractivity contribution in [3.05, 3.63) is 0 Å². The summed E-state index contributed by atoms with van der Waals surface area (Å²) >= 11 is 0. The Balaban J connectivity index is 0.00000729. The van der Waals surface area contributed by atoms with Gasteiger partial charge in [-0.25, -0.2) is 4.79 Å². The smallest absolute Gasteiger partial charge is 0.407 e. The van der Waals surface area contributed by atoms with Gasteiger partial charge >= 0.3 is 6.09 Å². The predicted octanol–water partition coefficient (Wildman–Crippen LogP) is 2.04. The molecular weight excluding hydrogens is 473 g/mol. The van der Waals surface area contributed by atoms with Gasteiger partial charge in [0.25, 0.3) is 0 Å². The molecule has 0 radical (unpaired) electrons. The first-order valence-corrected chi connectivity index (χ1v) is 10.0. The van der Waals surface area contributed by atoms with Gasteiger partial charge in [0, 0.05) is 39.8 Å². The minimum absolute atomic E-state index is 0. The molecule has 1 saturated heterocycles. The van der Waals surface area contributed by atoms with Gasteiger partial charge in [0.1, 0.15) is 5.60 Å². The fourth-order valence-corrected chi connectivity index (χ4v) is 2.83. The summed E-state index contributed by atoms with van der Waals surface area (Å²) in [5.41, 5.74) is -0.479. The highest BCUT2D eigenvalue weighted by molar-refractivity contribution is 14.0. The molecule has 8 nitrogen and oxygen atoms in total. The van der Waals surface area contributed by atoms with Gasteiger partial charge in [-0.1, -0.05) is 0 Å². The Bertz CT molecular complexity index is 449. The van der Waals surface area contributed by atoms with Crippen LogP contribution in [0.15, 0.2) is 4.99 Å². The number of carbonyl (C=O) groups is 1. The van der Waals surface area contributed by atoms with Crippen LogP contribution in [0, 0.1) is 5.92 Å². The molecular formula is C19H40IN5O3. The number of hydrogen-bond acceptors (Lipinski definition) is 5. The predicted molar refractivity (Wildman–Crippen MR) is 125 cm³/mol. The van der Waals surface area contributed by atoms with E-state index in [2.05, 4.69) is 20.9 Å². The number of hydrogen-bond donors (Lipinski definition) is 3. The number of aliphatic imine (C=N–C) groups is 1. The van der Waals surface area contributed by atoms with Crippen LogP contribution in [0.3, 0.4) is 0 Å². The fraction of sp³-hybridized carbons (Fsp3) is 0.895. The van der Waals surface area contributed by atoms with E-state index in [1.807, 2.05) is 27.7 Å². The molecule has 28 heavy (non-hydrogen) atoms. The largest absolute Gasteiger partial charge is 0.444 e. The zero-order valence-corrected chi connectivity index (χ0v) is 20.5. The van der Waals surface area contributed by atoms with Crippen LogP contribution in [0.4, 0.5) is 4.79 Å². The maximum Gasteiger partial charge on any atom is 0.407 e. The lowest BCUT2D eigenvalue weighted by Gasteiger charge is -2.31. The molecule has 1 heterocycles. The number of methoxy groups -OCH3 is 1. The van der Waals surface area contributed by atoms with Crippen molar-refractivity contribution in [2.45, 2.75) is 46.1 Å². The Morgan fingerprint density at radius 3 is 2.36 bits per heavy atom. The third kappa shape index (κ3) is 13.4. The van der Waals surface area contributed by atoms with Gasteiger partial charge in [-0.05, 0) is 59.5 Å². The highest BCUT2D eigenvalue weighted by Crippen LogP contribution is 2.17. The third-order valence-electron chi connectivity index (χ3n) is 4.26. The summed E-state index contributed by atoms with van der Waals surface area (Å²) in [5, 5.41) is 9.25. The molecule has 0 unspecified atom stereocenters. The van der Waals surface area contributed by atoms with Gasteiger partial charge < -0.3 is 30.3 Å². The SMILES string of the molecule is CCNC(=NCC1CCN(CCOC)CC1)NCCNC(=O)OC(C)(C)C.I. The van der Waals surface area contributed by atoms with Crippen LogP contribution < -0.4 is 16.0 Å². The molecule has 9 heteroatoms. The summed E-state index contributed by atoms with van der Waals surface area (Å²) in [5.74, 6) is 1.42. The molecule has 1 amide bonds. The normalized spacial score (nSPS) is 16.2. The number of halogens is 1. The maximum absolute atomic E-state index is 11.6. The molecule has 0 aliphatic carbocycles. The summed E-state index contributed by atoms with van der Waals surface area (Å²) in [4.78, 5) is 18.8. The Hall–Kier alpha value is -0.810. The first-order chi connectivity index (χ1) is 12.8. The monoisotopic (exact) mass is 513 g/mol. The summed E-state index contributed by atoms with van der Waals surface area (Å²) in [6.45, 7) is 14.4. The van der Waals surface area contributed by atoms with E-state index < -0.39 is 11.7 Å². The number of rotatable bonds is 9. The standard InChI is InChI=1S/C19H39N5O3.HI/c1-6-20-17(21-9-10-22-18(25)27-19(2,3)4)23-15-16-7-11-24(12-8-16)13-14-26-5;/h16H,6-15H2,1-5H3,(H,22,25)(H2,20,21,23);1H. The topological polar surface area (TPSA) is 87.2 Å². The van der Waals surface area contributed by atoms with Crippen molar-refractivity contribution in [3.63, 3.8) is 0 Å². The van der Waals surface area contributed by atoms with E-state index >= 15 is 0 Å². The van der Waals surface area contributed by atoms with Crippen LogP contribution in [0.25, 0.3) is 0 Å². The molecule has 1 aliphatic rings. The molecule has 1 aliphatic heterocycles. The Labute approximate surface area is 187 Å². The van der Waals surface area contributed by atoms with Crippen molar-refractivity contribution in [1.82, 2.24) is 20.9 Å². The van der Waals surface area contributed by atoms with Gasteiger partial charge in [0.2, 0.25) is 0 Å². The number of carbonyl (C=O) groups excluding carboxylic acids is 1. The minimum atomic E-state index is -0.479. The molecule has 0 spiro atoms. The highest BCUT2D eigenvalue weighted by atomic mass is 127. The van der Waals surface area contributed by atoms with Crippen LogP contribution in [0.5, 0.6) is 0 Å². The van der Waals surface area contributed by atoms with E-state index in [9.17, 15) is 4.79 Å². The molecule has 3 N–H and O–H groups in total. The van der Waals surface area contributed by atoms with Crippen LogP contribution in [0.2, 0.25) is 0 Å². The first kappa shape index (κ1) is 27.2. The number of piperidine rings is 1. The van der Waals surface area contributed by atoms with Crippen molar-refractivity contribution in [2.75, 3.05) is 59.5 Å². The number of nitrogens with one attached hydrogen (secondary N) is 3. The summed E-state index contributed by atoms with van der Waals surface area (Å²) in [6, 6.07) is 0. The quantitative estimate of drug-likeness (QED) is 0.189. The lowest BCUT2D eigenvalue weighted by Crippen LogP contribution is -2.43. The van der Waals surface area contributed by atoms with Crippen LogP contribution in [-0.2, 0) is 9.47 Å². The van der Waals surface area contributed by atoms with Crippen molar-refractivity contribution in [1.29, 1.82) is 0 Å². The summed E-state index contributed by atoms with van der Waals surface area (Å²) in [7, 11) is 1.75. The highest BCUT2D eigenvalue weighted by Gasteiger charge is 2.19. The van der Waals surface area contributed by atoms with E-state index in [-0.39, 0.29) is 24.0 Å². The van der Waals surface area contributed by atoms with E-state index in [4.69, 9.17) is 14.5 Å². The average Bonchev–Trinajstić information content (AvgIpc) is 2.60. The fourth-order valence-electron chi connectivity index (χ4n) is 2.83. The molecule has 0 bridgehead atoms. The molecule has 1 fully saturated rings. The average molecular weight is 513 g/mol. The first-order valence-electron chi connectivity index (χ1n) is 10.0. The van der Waals surface area contributed by atoms with Crippen molar-refractivity contribution < 1.29 is 14.3 Å². The van der Waals surface area contributed by atoms with Gasteiger partial charge in [-0.3, -0.25) is 4.99 Å². The zero-order valence-electron chi connectivity index (χ0n) is 18.2. The molecule has 166 valence electrons. The van der Waals surface area contributed by atoms with Gasteiger partial charge in [0.05, 0.1) is 6.61 Å². The number of guanidine groups is 1. The van der Waals surface area contributed by atoms with Crippen LogP contribution in [-0.4, -0.2) is 82.1 Å². The maximum atomic E-state index is 11.6. The molecule has 0 aromatic heterocycles. The molecule has 1 rings (SSSR count). The second kappa shape index (κ2) is 15.1. The Morgan fingerprint density at radius 1 is 1.14 bits per heavy atom. The molecule has 0 aromatic carbocycles. The lowest BCUT2D eigenvalue weighted by molar-refractivity contribution is 0.0529. The Morgan fingerprint density at radius 2 is 1.79 bits per heavy atom. The van der Waals surface area contributed by atoms with Crippen LogP contribution >= 0.6 is 24.0 Å². The van der Waals surface area contributed by atoms with E-state index in [0.717, 1.165) is 45.3 Å². The van der Waals surface area contributed by atoms with Crippen molar-refractivity contribution in [3.8, 4) is 0 Å². The third-order valence-corrected chi connectivity index (χ3v) is 4.26. The van der Waals surface area contributed by atoms with Gasteiger partial charge in [-0.2, -0.15) is 0 Å². The number of alkyl carbamates (subject to hydrolysis) is 1. The number of nitrogens with zero attached hydrogens (tertiary/aromatic N) is 2. The van der Waals surface area contributed by atoms with Crippen molar-refractivity contribution in [2.24, 2.45) is 10.9 Å². The van der Waals surface area contributed by atoms with Crippen molar-refractivity contribution >= 4 is 36.0 Å². The summed E-state index contributed by atoms with van der Waals surface area (Å²) < 4.78 is 10.4.